The second kappa shape index (κ2) is 27.5. The van der Waals surface area contributed by atoms with Gasteiger partial charge in [-0.3, -0.25) is 33.6 Å². The molecular formula is C52H76N6O15. The van der Waals surface area contributed by atoms with Gasteiger partial charge in [0.1, 0.15) is 19.4 Å². The first-order valence-corrected chi connectivity index (χ1v) is 25.6. The zero-order chi connectivity index (χ0) is 52.4. The highest BCUT2D eigenvalue weighted by atomic mass is 16.7. The minimum absolute atomic E-state index is 0.00386. The van der Waals surface area contributed by atoms with Crippen LogP contribution in [-0.4, -0.2) is 169 Å². The number of benzene rings is 1. The molecule has 10 atom stereocenters. The molecule has 0 bridgehead atoms. The Balaban J connectivity index is 0.912. The molecule has 6 rings (SSSR count). The number of aliphatic hydroxyl groups excluding tert-OH is 1. The number of allylic oxidation sites excluding steroid dienone is 4. The van der Waals surface area contributed by atoms with E-state index in [0.29, 0.717) is 65.4 Å². The summed E-state index contributed by atoms with van der Waals surface area (Å²) in [6.07, 6.45) is 7.12. The van der Waals surface area contributed by atoms with Crippen LogP contribution >= 0.6 is 0 Å². The minimum atomic E-state index is -1.39. The average Bonchev–Trinajstić information content (AvgIpc) is 3.86. The molecule has 404 valence electrons. The van der Waals surface area contributed by atoms with E-state index in [1.807, 2.05) is 19.9 Å². The minimum Gasteiger partial charge on any atom is -0.393 e. The number of nitrogens with one attached hydrogen (secondary N) is 5. The zero-order valence-corrected chi connectivity index (χ0v) is 42.5. The number of carbonyl (C=O) groups is 7. The molecule has 3 saturated carbocycles. The molecule has 1 aromatic carbocycles. The first-order chi connectivity index (χ1) is 35.1. The van der Waals surface area contributed by atoms with Gasteiger partial charge in [-0.05, 0) is 61.7 Å². The first kappa shape index (κ1) is 57.3. The third-order valence-corrected chi connectivity index (χ3v) is 14.9. The van der Waals surface area contributed by atoms with Gasteiger partial charge in [0.05, 0.1) is 84.7 Å². The Labute approximate surface area is 427 Å². The molecule has 5 amide bonds. The smallest absolute Gasteiger partial charge is 0.243 e. The molecule has 21 nitrogen and oxygen atoms in total. The molecule has 8 N–H and O–H groups in total. The van der Waals surface area contributed by atoms with Crippen LogP contribution in [0, 0.1) is 28.6 Å². The van der Waals surface area contributed by atoms with Crippen LogP contribution in [0.15, 0.2) is 54.1 Å². The Bertz CT molecular complexity index is 2130. The molecule has 5 aliphatic rings. The van der Waals surface area contributed by atoms with E-state index in [1.54, 1.807) is 42.5 Å². The molecule has 73 heavy (non-hydrogen) atoms. The summed E-state index contributed by atoms with van der Waals surface area (Å²) < 4.78 is 40.3. The predicted octanol–water partition coefficient (Wildman–Crippen LogP) is 0.306. The van der Waals surface area contributed by atoms with E-state index in [2.05, 4.69) is 33.5 Å². The number of carbonyl (C=O) groups excluding carboxylic acids is 7. The van der Waals surface area contributed by atoms with E-state index in [4.69, 9.17) is 38.9 Å². The molecule has 21 heteroatoms. The summed E-state index contributed by atoms with van der Waals surface area (Å²) in [6, 6.07) is 7.78. The van der Waals surface area contributed by atoms with Crippen molar-refractivity contribution in [2.75, 3.05) is 92.4 Å². The highest BCUT2D eigenvalue weighted by molar-refractivity contribution is 6.01. The number of nitrogens with two attached hydrogens (primary N) is 1. The van der Waals surface area contributed by atoms with Crippen LogP contribution in [0.2, 0.25) is 0 Å². The normalized spacial score (nSPS) is 28.1. The van der Waals surface area contributed by atoms with E-state index in [1.165, 1.54) is 0 Å². The number of hydrogen-bond acceptors (Lipinski definition) is 16. The number of fused-ring (bicyclic) bond motifs is 7. The number of aliphatic hydroxyl groups is 1. The first-order valence-electron chi connectivity index (χ1n) is 25.6. The van der Waals surface area contributed by atoms with E-state index >= 15 is 0 Å². The quantitative estimate of drug-likeness (QED) is 0.0389. The molecule has 0 radical (unpaired) electrons. The maximum Gasteiger partial charge on any atom is 0.243 e. The van der Waals surface area contributed by atoms with Crippen molar-refractivity contribution in [1.29, 1.82) is 0 Å². The van der Waals surface area contributed by atoms with Gasteiger partial charge in [-0.2, -0.15) is 0 Å². The van der Waals surface area contributed by atoms with Gasteiger partial charge in [-0.15, -0.1) is 0 Å². The molecule has 4 fully saturated rings. The number of ketones is 2. The molecule has 1 saturated heterocycles. The van der Waals surface area contributed by atoms with Gasteiger partial charge in [0.15, 0.2) is 23.5 Å². The van der Waals surface area contributed by atoms with Crippen molar-refractivity contribution < 1.29 is 71.8 Å². The van der Waals surface area contributed by atoms with Crippen LogP contribution < -0.4 is 32.3 Å². The average molecular weight is 1030 g/mol. The van der Waals surface area contributed by atoms with Gasteiger partial charge >= 0.3 is 0 Å². The van der Waals surface area contributed by atoms with Crippen molar-refractivity contribution in [3.8, 4) is 0 Å². The van der Waals surface area contributed by atoms with Gasteiger partial charge in [-0.25, -0.2) is 0 Å². The summed E-state index contributed by atoms with van der Waals surface area (Å²) >= 11 is 0. The standard InChI is InChI=1S/C52H76N6O15/c1-4-8-47-72-42-27-38-37-12-11-35-26-36(59)13-15-50(35,2)48(37)40(60)28-51(38,3)52(42,73-47)41(61)32-71-33-57-45(64)30-56-49(66)39(25-34-9-6-5-7-10-34)58-46(65)31-55-44(63)29-54-43(62)14-17-67-19-21-69-23-24-70-22-20-68-18-16-53/h5-7,9-10,13,15,26,37-40,42,47-48,60H,4,8,11-12,14,16-25,27-33,53H2,1-3H3,(H,54,62)(H,55,63)(H,56,66)(H,57,64)(H,58,65)/t37-,38-,39-,40-,42+,47?,48+,50-,51-,52+/m0/s1. The highest BCUT2D eigenvalue weighted by Crippen LogP contribution is 2.69. The molecule has 1 unspecified atom stereocenters. The van der Waals surface area contributed by atoms with Crippen molar-refractivity contribution in [2.45, 2.75) is 102 Å². The van der Waals surface area contributed by atoms with Crippen LogP contribution in [0.3, 0.4) is 0 Å². The monoisotopic (exact) mass is 1020 g/mol. The molecule has 0 aromatic heterocycles. The second-order valence-corrected chi connectivity index (χ2v) is 19.7. The number of Topliss-reactive ketones (excluding diaryl/α,β-unsaturated/α-hetero) is 1. The number of hydrogen-bond donors (Lipinski definition) is 7. The number of rotatable bonds is 31. The zero-order valence-electron chi connectivity index (χ0n) is 42.5. The fraction of sp³-hybridized carbons (Fsp3) is 0.673. The Kier molecular flexibility index (Phi) is 21.6. The summed E-state index contributed by atoms with van der Waals surface area (Å²) in [5.74, 6) is -3.50. The summed E-state index contributed by atoms with van der Waals surface area (Å²) in [5, 5.41) is 24.6. The summed E-state index contributed by atoms with van der Waals surface area (Å²) in [6.45, 7) is 7.37. The maximum atomic E-state index is 14.6. The van der Waals surface area contributed by atoms with Crippen LogP contribution in [0.1, 0.15) is 71.3 Å². The van der Waals surface area contributed by atoms with Crippen molar-refractivity contribution in [3.05, 3.63) is 59.7 Å². The van der Waals surface area contributed by atoms with Crippen molar-refractivity contribution in [3.63, 3.8) is 0 Å². The van der Waals surface area contributed by atoms with Gasteiger partial charge in [0.2, 0.25) is 29.5 Å². The lowest BCUT2D eigenvalue weighted by Crippen LogP contribution is -2.63. The summed E-state index contributed by atoms with van der Waals surface area (Å²) in [7, 11) is 0. The molecule has 1 heterocycles. The molecular weight excluding hydrogens is 949 g/mol. The third-order valence-electron chi connectivity index (χ3n) is 14.9. The lowest BCUT2D eigenvalue weighted by atomic mass is 9.46. The molecule has 1 aromatic rings. The van der Waals surface area contributed by atoms with Gasteiger partial charge < -0.3 is 70.6 Å². The maximum absolute atomic E-state index is 14.6. The van der Waals surface area contributed by atoms with Crippen LogP contribution in [0.4, 0.5) is 0 Å². The predicted molar refractivity (Wildman–Crippen MR) is 263 cm³/mol. The van der Waals surface area contributed by atoms with Crippen molar-refractivity contribution in [1.82, 2.24) is 26.6 Å². The third kappa shape index (κ3) is 14.7. The van der Waals surface area contributed by atoms with Gasteiger partial charge in [0, 0.05) is 36.1 Å². The lowest BCUT2D eigenvalue weighted by molar-refractivity contribution is -0.201. The van der Waals surface area contributed by atoms with E-state index in [0.717, 1.165) is 30.4 Å². The highest BCUT2D eigenvalue weighted by Gasteiger charge is 2.75. The Morgan fingerprint density at radius 2 is 1.47 bits per heavy atom. The lowest BCUT2D eigenvalue weighted by Gasteiger charge is -2.59. The number of amides is 5. The van der Waals surface area contributed by atoms with Crippen LogP contribution in [0.5, 0.6) is 0 Å². The van der Waals surface area contributed by atoms with E-state index in [9.17, 15) is 38.7 Å². The van der Waals surface area contributed by atoms with E-state index < -0.39 is 90.2 Å². The molecule has 4 aliphatic carbocycles. The van der Waals surface area contributed by atoms with Gasteiger partial charge in [-0.1, -0.05) is 69.2 Å². The van der Waals surface area contributed by atoms with Crippen molar-refractivity contribution >= 4 is 41.1 Å². The van der Waals surface area contributed by atoms with Gasteiger partial charge in [0.25, 0.3) is 0 Å². The SMILES string of the molecule is CCCC1O[C@@H]2C[C@H]3[C@@H]4CCC5=CC(=O)C=C[C@]5(C)[C@H]4[C@@H](O)C[C@]3(C)[C@]2(C(=O)COCNC(=O)CNC(=O)[C@H](Cc2ccccc2)NC(=O)CNC(=O)CNC(=O)CCOCCOCCOCCOCCN)O1. The number of ether oxygens (including phenoxy) is 7. The Morgan fingerprint density at radius 3 is 2.16 bits per heavy atom. The topological polar surface area (TPSA) is 290 Å². The summed E-state index contributed by atoms with van der Waals surface area (Å²) in [4.78, 5) is 90.9. The van der Waals surface area contributed by atoms with E-state index in [-0.39, 0.29) is 68.7 Å². The Hall–Kier alpha value is -4.97. The van der Waals surface area contributed by atoms with Crippen LogP contribution in [0.25, 0.3) is 0 Å². The fourth-order valence-electron chi connectivity index (χ4n) is 11.6. The summed E-state index contributed by atoms with van der Waals surface area (Å²) in [5.41, 5.74) is 4.45. The fourth-order valence-corrected chi connectivity index (χ4v) is 11.6. The molecule has 0 spiro atoms. The Morgan fingerprint density at radius 1 is 0.822 bits per heavy atom. The molecule has 1 aliphatic heterocycles. The van der Waals surface area contributed by atoms with Crippen molar-refractivity contribution in [2.24, 2.45) is 34.3 Å². The largest absolute Gasteiger partial charge is 0.393 e. The van der Waals surface area contributed by atoms with Crippen LogP contribution in [-0.2, 0) is 73.1 Å². The second-order valence-electron chi connectivity index (χ2n) is 19.7.